The molecule has 0 radical (unpaired) electrons. The van der Waals surface area contributed by atoms with Gasteiger partial charge in [-0.05, 0) is 55.3 Å². The molecule has 4 rings (SSSR count). The third kappa shape index (κ3) is 6.01. The van der Waals surface area contributed by atoms with Gasteiger partial charge in [-0.15, -0.1) is 0 Å². The number of amides is 1. The highest BCUT2D eigenvalue weighted by Crippen LogP contribution is 2.28. The number of hydrogen-bond donors (Lipinski definition) is 3. The first-order valence-electron chi connectivity index (χ1n) is 11.5. The maximum atomic E-state index is 14.2. The molecule has 3 N–H and O–H groups in total. The zero-order chi connectivity index (χ0) is 26.4. The molecular formula is C26H26FN5O5. The predicted octanol–water partition coefficient (Wildman–Crippen LogP) is 3.82. The van der Waals surface area contributed by atoms with Crippen molar-refractivity contribution < 1.29 is 28.6 Å². The van der Waals surface area contributed by atoms with Crippen molar-refractivity contribution in [1.82, 2.24) is 19.7 Å². The van der Waals surface area contributed by atoms with Crippen molar-refractivity contribution in [3.05, 3.63) is 71.9 Å². The van der Waals surface area contributed by atoms with Crippen LogP contribution in [-0.2, 0) is 9.53 Å². The van der Waals surface area contributed by atoms with Crippen molar-refractivity contribution in [2.45, 2.75) is 13.3 Å². The summed E-state index contributed by atoms with van der Waals surface area (Å²) < 4.78 is 26.0. The van der Waals surface area contributed by atoms with Gasteiger partial charge in [0.2, 0.25) is 0 Å². The number of nitrogens with one attached hydrogen (secondary N) is 2. The monoisotopic (exact) mass is 507 g/mol. The molecule has 0 aliphatic heterocycles. The maximum Gasteiger partial charge on any atom is 0.329 e. The molecule has 2 aromatic heterocycles. The van der Waals surface area contributed by atoms with Crippen LogP contribution < -0.4 is 15.4 Å². The number of methoxy groups -OCH3 is 1. The van der Waals surface area contributed by atoms with E-state index < -0.39 is 11.8 Å². The van der Waals surface area contributed by atoms with Crippen LogP contribution in [0.25, 0.3) is 16.9 Å². The number of anilines is 2. The van der Waals surface area contributed by atoms with Crippen LogP contribution in [0.3, 0.4) is 0 Å². The predicted molar refractivity (Wildman–Crippen MR) is 135 cm³/mol. The second-order valence-corrected chi connectivity index (χ2v) is 8.17. The fourth-order valence-corrected chi connectivity index (χ4v) is 3.81. The Kier molecular flexibility index (Phi) is 7.94. The Morgan fingerprint density at radius 3 is 2.73 bits per heavy atom. The summed E-state index contributed by atoms with van der Waals surface area (Å²) in [4.78, 5) is 31.8. The number of imidazole rings is 1. The lowest BCUT2D eigenvalue weighted by Crippen LogP contribution is -2.26. The minimum Gasteiger partial charge on any atom is -0.494 e. The van der Waals surface area contributed by atoms with Gasteiger partial charge in [-0.2, -0.15) is 0 Å². The molecule has 0 atom stereocenters. The number of benzene rings is 2. The van der Waals surface area contributed by atoms with E-state index in [1.54, 1.807) is 42.9 Å². The van der Waals surface area contributed by atoms with Gasteiger partial charge >= 0.3 is 5.97 Å². The summed E-state index contributed by atoms with van der Waals surface area (Å²) in [6, 6.07) is 10.0. The Morgan fingerprint density at radius 1 is 1.16 bits per heavy atom. The first kappa shape index (κ1) is 25.6. The molecule has 1 amide bonds. The van der Waals surface area contributed by atoms with E-state index in [1.807, 2.05) is 17.4 Å². The quantitative estimate of drug-likeness (QED) is 0.262. The number of carboxylic acid groups (broad SMARTS) is 1. The lowest BCUT2D eigenvalue weighted by atomic mass is 10.1. The largest absolute Gasteiger partial charge is 0.494 e. The molecular weight excluding hydrogens is 481 g/mol. The molecule has 0 bridgehead atoms. The molecule has 0 saturated carbocycles. The van der Waals surface area contributed by atoms with E-state index >= 15 is 0 Å². The van der Waals surface area contributed by atoms with E-state index in [0.717, 1.165) is 11.3 Å². The first-order chi connectivity index (χ1) is 17.9. The zero-order valence-electron chi connectivity index (χ0n) is 20.3. The first-order valence-corrected chi connectivity index (χ1v) is 11.5. The number of halogens is 1. The lowest BCUT2D eigenvalue weighted by molar-refractivity contribution is -0.142. The Labute approximate surface area is 212 Å². The molecule has 0 unspecified atom stereocenters. The van der Waals surface area contributed by atoms with Gasteiger partial charge in [0.15, 0.2) is 23.0 Å². The van der Waals surface area contributed by atoms with E-state index in [9.17, 15) is 14.0 Å². The van der Waals surface area contributed by atoms with Crippen LogP contribution in [0.4, 0.5) is 15.9 Å². The summed E-state index contributed by atoms with van der Waals surface area (Å²) in [6.07, 6.45) is 5.52. The molecule has 10 nitrogen and oxygen atoms in total. The van der Waals surface area contributed by atoms with Gasteiger partial charge in [-0.25, -0.2) is 19.2 Å². The molecule has 2 aromatic carbocycles. The van der Waals surface area contributed by atoms with Gasteiger partial charge in [-0.1, -0.05) is 0 Å². The minimum absolute atomic E-state index is 0.166. The van der Waals surface area contributed by atoms with E-state index in [0.29, 0.717) is 41.3 Å². The van der Waals surface area contributed by atoms with Crippen LogP contribution in [0.2, 0.25) is 0 Å². The van der Waals surface area contributed by atoms with Crippen LogP contribution in [0.1, 0.15) is 22.3 Å². The Bertz CT molecular complexity index is 1440. The third-order valence-corrected chi connectivity index (χ3v) is 5.59. The molecule has 37 heavy (non-hydrogen) atoms. The standard InChI is InChI=1S/C26H26FN5O5/c1-16-12-18(5-6-19(16)26(35)29-8-3-11-37-15-23(33)34)31-24-25-30-14-21(32(25)10-9-28-24)17-4-7-22(36-2)20(27)13-17/h4-7,9-10,12-14H,3,8,11,15H2,1-2H3,(H,28,31)(H,29,35)(H,33,34). The number of ether oxygens (including phenoxy) is 2. The normalized spacial score (nSPS) is 10.9. The fourth-order valence-electron chi connectivity index (χ4n) is 3.81. The number of carboxylic acids is 1. The number of carbonyl (C=O) groups excluding carboxylic acids is 1. The third-order valence-electron chi connectivity index (χ3n) is 5.59. The summed E-state index contributed by atoms with van der Waals surface area (Å²) in [5, 5.41) is 14.6. The zero-order valence-corrected chi connectivity index (χ0v) is 20.3. The summed E-state index contributed by atoms with van der Waals surface area (Å²) in [5.74, 6) is -1.05. The number of aromatic nitrogens is 3. The second kappa shape index (κ2) is 11.5. The molecule has 11 heteroatoms. The second-order valence-electron chi connectivity index (χ2n) is 8.17. The van der Waals surface area contributed by atoms with Crippen LogP contribution in [0.5, 0.6) is 5.75 Å². The van der Waals surface area contributed by atoms with Gasteiger partial charge in [0.05, 0.1) is 19.0 Å². The van der Waals surface area contributed by atoms with E-state index in [1.165, 1.54) is 13.2 Å². The summed E-state index contributed by atoms with van der Waals surface area (Å²) in [6.45, 7) is 2.08. The van der Waals surface area contributed by atoms with Crippen LogP contribution in [-0.4, -0.2) is 58.2 Å². The summed E-state index contributed by atoms with van der Waals surface area (Å²) >= 11 is 0. The molecule has 2 heterocycles. The van der Waals surface area contributed by atoms with Crippen LogP contribution in [0.15, 0.2) is 55.0 Å². The lowest BCUT2D eigenvalue weighted by Gasteiger charge is -2.12. The molecule has 0 aliphatic rings. The van der Waals surface area contributed by atoms with Gasteiger partial charge in [-0.3, -0.25) is 9.20 Å². The highest BCUT2D eigenvalue weighted by molar-refractivity contribution is 5.96. The number of aliphatic carboxylic acids is 1. The Balaban J connectivity index is 1.45. The topological polar surface area (TPSA) is 127 Å². The van der Waals surface area contributed by atoms with Gasteiger partial charge in [0.1, 0.15) is 6.61 Å². The number of fused-ring (bicyclic) bond motifs is 1. The summed E-state index contributed by atoms with van der Waals surface area (Å²) in [7, 11) is 1.42. The van der Waals surface area contributed by atoms with Crippen molar-refractivity contribution in [3.63, 3.8) is 0 Å². The summed E-state index contributed by atoms with van der Waals surface area (Å²) in [5.41, 5.74) is 3.89. The number of hydrogen-bond acceptors (Lipinski definition) is 7. The van der Waals surface area contributed by atoms with Gasteiger partial charge in [0, 0.05) is 42.4 Å². The molecule has 0 fully saturated rings. The van der Waals surface area contributed by atoms with Crippen LogP contribution in [0, 0.1) is 12.7 Å². The van der Waals surface area contributed by atoms with Crippen molar-refractivity contribution in [2.75, 3.05) is 32.2 Å². The number of aryl methyl sites for hydroxylation is 1. The van der Waals surface area contributed by atoms with E-state index in [-0.39, 0.29) is 24.9 Å². The molecule has 0 spiro atoms. The van der Waals surface area contributed by atoms with Crippen molar-refractivity contribution in [3.8, 4) is 17.0 Å². The highest BCUT2D eigenvalue weighted by atomic mass is 19.1. The smallest absolute Gasteiger partial charge is 0.329 e. The SMILES string of the molecule is COc1ccc(-c2cnc3c(Nc4ccc(C(=O)NCCCOCC(=O)O)c(C)c4)nccn23)cc1F. The van der Waals surface area contributed by atoms with Crippen LogP contribution >= 0.6 is 0 Å². The van der Waals surface area contributed by atoms with E-state index in [2.05, 4.69) is 20.6 Å². The van der Waals surface area contributed by atoms with Crippen molar-refractivity contribution in [1.29, 1.82) is 0 Å². The minimum atomic E-state index is -1.03. The van der Waals surface area contributed by atoms with Gasteiger partial charge in [0.25, 0.3) is 5.91 Å². The Morgan fingerprint density at radius 2 is 2.00 bits per heavy atom. The average molecular weight is 508 g/mol. The maximum absolute atomic E-state index is 14.2. The van der Waals surface area contributed by atoms with Crippen molar-refractivity contribution in [2.24, 2.45) is 0 Å². The highest BCUT2D eigenvalue weighted by Gasteiger charge is 2.14. The number of rotatable bonds is 11. The molecule has 0 aliphatic carbocycles. The fraction of sp³-hybridized carbons (Fsp3) is 0.231. The molecule has 192 valence electrons. The van der Waals surface area contributed by atoms with Gasteiger partial charge < -0.3 is 25.2 Å². The molecule has 4 aromatic rings. The number of carbonyl (C=O) groups is 2. The molecule has 0 saturated heterocycles. The van der Waals surface area contributed by atoms with Crippen molar-refractivity contribution >= 4 is 29.0 Å². The Hall–Kier alpha value is -4.51. The van der Waals surface area contributed by atoms with E-state index in [4.69, 9.17) is 14.6 Å². The number of nitrogens with zero attached hydrogens (tertiary/aromatic N) is 3. The average Bonchev–Trinajstić information content (AvgIpc) is 3.31.